The Morgan fingerprint density at radius 3 is 2.50 bits per heavy atom. The van der Waals surface area contributed by atoms with E-state index in [0.29, 0.717) is 32.9 Å². The number of nitro groups is 1. The first-order valence-electron chi connectivity index (χ1n) is 10.4. The van der Waals surface area contributed by atoms with E-state index in [9.17, 15) is 14.9 Å². The molecule has 4 rings (SSSR count). The van der Waals surface area contributed by atoms with Gasteiger partial charge in [-0.3, -0.25) is 19.8 Å². The van der Waals surface area contributed by atoms with Crippen molar-refractivity contribution >= 4 is 51.7 Å². The smallest absolute Gasteiger partial charge is 0.276 e. The van der Waals surface area contributed by atoms with Crippen molar-refractivity contribution in [3.8, 4) is 11.5 Å². The summed E-state index contributed by atoms with van der Waals surface area (Å²) in [6, 6.07) is 21.0. The molecule has 0 radical (unpaired) electrons. The summed E-state index contributed by atoms with van der Waals surface area (Å²) in [5, 5.41) is 11.3. The van der Waals surface area contributed by atoms with Gasteiger partial charge in [-0.05, 0) is 48.9 Å². The number of benzene rings is 3. The van der Waals surface area contributed by atoms with Crippen LogP contribution in [0.2, 0.25) is 0 Å². The van der Waals surface area contributed by atoms with Gasteiger partial charge in [0.15, 0.2) is 15.8 Å². The van der Waals surface area contributed by atoms with Crippen molar-refractivity contribution in [2.24, 2.45) is 0 Å². The monoisotopic (exact) mass is 492 g/mol. The molecule has 0 bridgehead atoms. The minimum Gasteiger partial charge on any atom is -0.490 e. The number of ether oxygens (including phenoxy) is 2. The molecule has 3 aromatic rings. The molecule has 1 fully saturated rings. The van der Waals surface area contributed by atoms with E-state index in [0.717, 1.165) is 11.3 Å². The number of carbonyl (C=O) groups excluding carboxylic acids is 1. The van der Waals surface area contributed by atoms with Crippen LogP contribution in [-0.4, -0.2) is 21.8 Å². The number of amides is 1. The number of nitro benzene ring substituents is 1. The first-order chi connectivity index (χ1) is 16.5. The van der Waals surface area contributed by atoms with Crippen LogP contribution in [0.4, 0.5) is 11.4 Å². The molecule has 1 saturated heterocycles. The van der Waals surface area contributed by atoms with Gasteiger partial charge in [-0.1, -0.05) is 60.4 Å². The second kappa shape index (κ2) is 10.5. The molecule has 0 atom stereocenters. The molecule has 0 spiro atoms. The predicted molar refractivity (Wildman–Crippen MR) is 137 cm³/mol. The zero-order valence-electron chi connectivity index (χ0n) is 18.2. The Morgan fingerprint density at radius 1 is 1.03 bits per heavy atom. The number of para-hydroxylation sites is 2. The summed E-state index contributed by atoms with van der Waals surface area (Å²) in [7, 11) is 0. The quantitative estimate of drug-likeness (QED) is 0.166. The van der Waals surface area contributed by atoms with Crippen molar-refractivity contribution in [1.82, 2.24) is 0 Å². The number of hydrogen-bond donors (Lipinski definition) is 0. The van der Waals surface area contributed by atoms with E-state index in [-0.39, 0.29) is 18.2 Å². The Morgan fingerprint density at radius 2 is 1.76 bits per heavy atom. The Balaban J connectivity index is 1.56. The van der Waals surface area contributed by atoms with Gasteiger partial charge in [-0.25, -0.2) is 0 Å². The molecular formula is C25H20N2O5S2. The third-order valence-corrected chi connectivity index (χ3v) is 6.25. The Kier molecular flexibility index (Phi) is 7.24. The van der Waals surface area contributed by atoms with E-state index in [1.165, 1.54) is 22.7 Å². The number of thiocarbonyl (C=S) groups is 1. The maximum absolute atomic E-state index is 13.0. The van der Waals surface area contributed by atoms with Gasteiger partial charge < -0.3 is 9.47 Å². The zero-order chi connectivity index (χ0) is 24.1. The standard InChI is InChI=1S/C25H20N2O5S2/c1-2-31-22-14-17(12-13-21(22)32-16-18-8-6-7-11-20(18)27(29)30)15-23-24(28)26(25(33)34-23)19-9-4-3-5-10-19/h3-15H,2,16H2,1H3/b23-15+. The summed E-state index contributed by atoms with van der Waals surface area (Å²) < 4.78 is 12.1. The molecule has 1 amide bonds. The molecule has 3 aromatic carbocycles. The van der Waals surface area contributed by atoms with E-state index in [1.54, 1.807) is 42.5 Å². The Labute approximate surface area is 206 Å². The third-order valence-electron chi connectivity index (χ3n) is 4.94. The molecule has 0 N–H and O–H groups in total. The van der Waals surface area contributed by atoms with E-state index < -0.39 is 4.92 Å². The van der Waals surface area contributed by atoms with Crippen molar-refractivity contribution in [2.75, 3.05) is 11.5 Å². The lowest BCUT2D eigenvalue weighted by Crippen LogP contribution is -2.27. The molecule has 0 saturated carbocycles. The number of nitrogens with zero attached hydrogens (tertiary/aromatic N) is 2. The highest BCUT2D eigenvalue weighted by atomic mass is 32.2. The van der Waals surface area contributed by atoms with Crippen LogP contribution in [0.15, 0.2) is 77.7 Å². The number of hydrogen-bond acceptors (Lipinski definition) is 7. The number of carbonyl (C=O) groups is 1. The molecule has 7 nitrogen and oxygen atoms in total. The average Bonchev–Trinajstić information content (AvgIpc) is 3.12. The van der Waals surface area contributed by atoms with Gasteiger partial charge in [0.05, 0.1) is 27.7 Å². The van der Waals surface area contributed by atoms with Crippen LogP contribution in [-0.2, 0) is 11.4 Å². The van der Waals surface area contributed by atoms with Gasteiger partial charge in [0.1, 0.15) is 6.61 Å². The summed E-state index contributed by atoms with van der Waals surface area (Å²) in [5.41, 5.74) is 1.93. The highest BCUT2D eigenvalue weighted by Crippen LogP contribution is 2.37. The largest absolute Gasteiger partial charge is 0.490 e. The zero-order valence-corrected chi connectivity index (χ0v) is 19.8. The molecule has 172 valence electrons. The minimum absolute atomic E-state index is 0.00229. The highest BCUT2D eigenvalue weighted by Gasteiger charge is 2.33. The van der Waals surface area contributed by atoms with Gasteiger partial charge in [-0.15, -0.1) is 0 Å². The molecule has 0 aliphatic carbocycles. The lowest BCUT2D eigenvalue weighted by atomic mass is 10.1. The predicted octanol–water partition coefficient (Wildman–Crippen LogP) is 5.98. The molecule has 1 aliphatic heterocycles. The molecular weight excluding hydrogens is 472 g/mol. The first kappa shape index (κ1) is 23.5. The second-order valence-electron chi connectivity index (χ2n) is 7.17. The third kappa shape index (κ3) is 5.11. The first-order valence-corrected chi connectivity index (χ1v) is 11.7. The highest BCUT2D eigenvalue weighted by molar-refractivity contribution is 8.27. The van der Waals surface area contributed by atoms with Gasteiger partial charge >= 0.3 is 0 Å². The average molecular weight is 493 g/mol. The van der Waals surface area contributed by atoms with Crippen LogP contribution in [0.25, 0.3) is 6.08 Å². The fourth-order valence-corrected chi connectivity index (χ4v) is 4.69. The van der Waals surface area contributed by atoms with Crippen molar-refractivity contribution in [3.05, 3.63) is 98.9 Å². The number of anilines is 1. The molecule has 34 heavy (non-hydrogen) atoms. The van der Waals surface area contributed by atoms with Crippen LogP contribution in [0.1, 0.15) is 18.1 Å². The van der Waals surface area contributed by atoms with Gasteiger partial charge in [-0.2, -0.15) is 0 Å². The van der Waals surface area contributed by atoms with Gasteiger partial charge in [0.25, 0.3) is 11.6 Å². The summed E-state index contributed by atoms with van der Waals surface area (Å²) in [5.74, 6) is 0.748. The second-order valence-corrected chi connectivity index (χ2v) is 8.84. The summed E-state index contributed by atoms with van der Waals surface area (Å²) >= 11 is 6.67. The topological polar surface area (TPSA) is 81.9 Å². The van der Waals surface area contributed by atoms with Gasteiger partial charge in [0, 0.05) is 6.07 Å². The molecule has 0 unspecified atom stereocenters. The van der Waals surface area contributed by atoms with E-state index in [2.05, 4.69) is 0 Å². The lowest BCUT2D eigenvalue weighted by Gasteiger charge is -2.14. The van der Waals surface area contributed by atoms with Crippen LogP contribution in [0.3, 0.4) is 0 Å². The van der Waals surface area contributed by atoms with Crippen molar-refractivity contribution in [3.63, 3.8) is 0 Å². The van der Waals surface area contributed by atoms with Crippen molar-refractivity contribution < 1.29 is 19.2 Å². The SMILES string of the molecule is CCOc1cc(/C=C2/SC(=S)N(c3ccccc3)C2=O)ccc1OCc1ccccc1[N+](=O)[O-]. The Hall–Kier alpha value is -3.69. The number of thioether (sulfide) groups is 1. The van der Waals surface area contributed by atoms with E-state index >= 15 is 0 Å². The summed E-state index contributed by atoms with van der Waals surface area (Å²) in [4.78, 5) is 25.8. The van der Waals surface area contributed by atoms with E-state index in [4.69, 9.17) is 21.7 Å². The van der Waals surface area contributed by atoms with E-state index in [1.807, 2.05) is 37.3 Å². The molecule has 0 aromatic heterocycles. The molecule has 1 heterocycles. The Bertz CT molecular complexity index is 1280. The van der Waals surface area contributed by atoms with Crippen LogP contribution in [0, 0.1) is 10.1 Å². The van der Waals surface area contributed by atoms with Crippen LogP contribution in [0.5, 0.6) is 11.5 Å². The van der Waals surface area contributed by atoms with Crippen molar-refractivity contribution in [2.45, 2.75) is 13.5 Å². The lowest BCUT2D eigenvalue weighted by molar-refractivity contribution is -0.385. The van der Waals surface area contributed by atoms with Crippen LogP contribution < -0.4 is 14.4 Å². The fraction of sp³-hybridized carbons (Fsp3) is 0.120. The fourth-order valence-electron chi connectivity index (χ4n) is 3.39. The minimum atomic E-state index is -0.434. The van der Waals surface area contributed by atoms with Gasteiger partial charge in [0.2, 0.25) is 0 Å². The van der Waals surface area contributed by atoms with Crippen molar-refractivity contribution in [1.29, 1.82) is 0 Å². The number of rotatable bonds is 8. The summed E-state index contributed by atoms with van der Waals surface area (Å²) in [6.45, 7) is 2.28. The normalized spacial score (nSPS) is 14.5. The molecule has 9 heteroatoms. The summed E-state index contributed by atoms with van der Waals surface area (Å²) in [6.07, 6.45) is 1.76. The molecule has 1 aliphatic rings. The maximum Gasteiger partial charge on any atom is 0.276 e. The van der Waals surface area contributed by atoms with Crippen LogP contribution >= 0.6 is 24.0 Å². The maximum atomic E-state index is 13.0.